The van der Waals surface area contributed by atoms with E-state index in [4.69, 9.17) is 4.74 Å². The minimum absolute atomic E-state index is 0.210. The van der Waals surface area contributed by atoms with E-state index < -0.39 is 11.7 Å². The molecule has 1 fully saturated rings. The summed E-state index contributed by atoms with van der Waals surface area (Å²) in [7, 11) is 0. The van der Waals surface area contributed by atoms with Crippen molar-refractivity contribution in [2.45, 2.75) is 12.7 Å². The molecule has 31 heavy (non-hydrogen) atoms. The Kier molecular flexibility index (Phi) is 4.93. The van der Waals surface area contributed by atoms with Gasteiger partial charge in [-0.3, -0.25) is 0 Å². The molecule has 0 unspecified atom stereocenters. The molecule has 0 atom stereocenters. The molecule has 0 radical (unpaired) electrons. The number of hydrogen-bond acceptors (Lipinski definition) is 7. The first-order valence-electron chi connectivity index (χ1n) is 9.42. The predicted molar refractivity (Wildman–Crippen MR) is 110 cm³/mol. The molecule has 9 nitrogen and oxygen atoms in total. The van der Waals surface area contributed by atoms with E-state index >= 15 is 0 Å². The van der Waals surface area contributed by atoms with Gasteiger partial charge < -0.3 is 19.9 Å². The quantitative estimate of drug-likeness (QED) is 0.447. The number of imidazole rings is 1. The van der Waals surface area contributed by atoms with Crippen LogP contribution in [0, 0.1) is 0 Å². The summed E-state index contributed by atoms with van der Waals surface area (Å²) in [5.41, 5.74) is 0.638. The number of aromatic amines is 1. The summed E-state index contributed by atoms with van der Waals surface area (Å²) in [6.45, 7) is 2.74. The summed E-state index contributed by atoms with van der Waals surface area (Å²) >= 11 is 3.45. The van der Waals surface area contributed by atoms with E-state index in [9.17, 15) is 13.2 Å². The Morgan fingerprint density at radius 3 is 2.74 bits per heavy atom. The van der Waals surface area contributed by atoms with Crippen LogP contribution in [0.5, 0.6) is 0 Å². The number of aromatic nitrogens is 6. The molecule has 0 amide bonds. The molecule has 5 rings (SSSR count). The molecule has 0 saturated carbocycles. The number of H-pyrrole nitrogens is 1. The van der Waals surface area contributed by atoms with Gasteiger partial charge in [0.2, 0.25) is 11.9 Å². The van der Waals surface area contributed by atoms with Gasteiger partial charge in [0, 0.05) is 13.1 Å². The molecule has 0 spiro atoms. The van der Waals surface area contributed by atoms with Gasteiger partial charge in [-0.25, -0.2) is 4.98 Å². The Balaban J connectivity index is 1.43. The normalized spacial score (nSPS) is 15.2. The SMILES string of the molecule is FC(F)(F)c1ccc2nc(CNc3nc(N4CCOCC4)nc4c(Br)cnn34)[nH]c2c1. The van der Waals surface area contributed by atoms with Gasteiger partial charge in [-0.15, -0.1) is 0 Å². The highest BCUT2D eigenvalue weighted by Crippen LogP contribution is 2.31. The number of ether oxygens (including phenoxy) is 1. The highest BCUT2D eigenvalue weighted by molar-refractivity contribution is 9.10. The number of anilines is 2. The van der Waals surface area contributed by atoms with Crippen LogP contribution >= 0.6 is 15.9 Å². The van der Waals surface area contributed by atoms with Gasteiger partial charge in [0.25, 0.3) is 0 Å². The molecule has 1 aliphatic rings. The van der Waals surface area contributed by atoms with Crippen molar-refractivity contribution in [1.29, 1.82) is 0 Å². The second kappa shape index (κ2) is 7.64. The molecule has 1 aliphatic heterocycles. The molecule has 4 aromatic rings. The Labute approximate surface area is 181 Å². The maximum absolute atomic E-state index is 12.9. The van der Waals surface area contributed by atoms with Crippen molar-refractivity contribution in [2.75, 3.05) is 36.5 Å². The lowest BCUT2D eigenvalue weighted by Gasteiger charge is -2.27. The molecule has 2 N–H and O–H groups in total. The lowest BCUT2D eigenvalue weighted by Crippen LogP contribution is -2.37. The number of rotatable bonds is 4. The number of nitrogens with one attached hydrogen (secondary N) is 2. The first-order chi connectivity index (χ1) is 14.9. The van der Waals surface area contributed by atoms with E-state index in [1.54, 1.807) is 10.7 Å². The summed E-state index contributed by atoms with van der Waals surface area (Å²) < 4.78 is 46.5. The first-order valence-corrected chi connectivity index (χ1v) is 10.2. The van der Waals surface area contributed by atoms with Crippen molar-refractivity contribution in [1.82, 2.24) is 29.5 Å². The third-order valence-electron chi connectivity index (χ3n) is 4.88. The summed E-state index contributed by atoms with van der Waals surface area (Å²) in [6.07, 6.45) is -2.79. The maximum Gasteiger partial charge on any atom is 0.416 e. The lowest BCUT2D eigenvalue weighted by molar-refractivity contribution is -0.137. The van der Waals surface area contributed by atoms with Crippen LogP contribution in [0.1, 0.15) is 11.4 Å². The van der Waals surface area contributed by atoms with Crippen LogP contribution in [0.3, 0.4) is 0 Å². The number of halogens is 4. The Hall–Kier alpha value is -2.93. The zero-order chi connectivity index (χ0) is 21.6. The highest BCUT2D eigenvalue weighted by Gasteiger charge is 2.30. The second-order valence-electron chi connectivity index (χ2n) is 6.94. The van der Waals surface area contributed by atoms with Gasteiger partial charge in [0.15, 0.2) is 5.65 Å². The first kappa shape index (κ1) is 20.0. The highest BCUT2D eigenvalue weighted by atomic mass is 79.9. The number of nitrogens with zero attached hydrogens (tertiary/aromatic N) is 6. The van der Waals surface area contributed by atoms with Crippen LogP contribution < -0.4 is 10.2 Å². The molecular weight excluding hydrogens is 481 g/mol. The molecule has 3 aromatic heterocycles. The monoisotopic (exact) mass is 496 g/mol. The molecule has 1 saturated heterocycles. The van der Waals surface area contributed by atoms with Crippen molar-refractivity contribution in [3.63, 3.8) is 0 Å². The summed E-state index contributed by atoms with van der Waals surface area (Å²) in [4.78, 5) is 18.5. The number of morpholine rings is 1. The Bertz CT molecular complexity index is 1250. The summed E-state index contributed by atoms with van der Waals surface area (Å²) in [6, 6.07) is 3.42. The predicted octanol–water partition coefficient (Wildman–Crippen LogP) is 3.23. The third-order valence-corrected chi connectivity index (χ3v) is 5.44. The molecule has 0 bridgehead atoms. The topological polar surface area (TPSA) is 96.3 Å². The zero-order valence-electron chi connectivity index (χ0n) is 15.9. The average Bonchev–Trinajstić information content (AvgIpc) is 3.34. The summed E-state index contributed by atoms with van der Waals surface area (Å²) in [5, 5.41) is 7.44. The van der Waals surface area contributed by atoms with Crippen LogP contribution in [0.4, 0.5) is 25.1 Å². The van der Waals surface area contributed by atoms with Gasteiger partial charge in [-0.2, -0.15) is 32.8 Å². The molecule has 0 aliphatic carbocycles. The fourth-order valence-corrected chi connectivity index (χ4v) is 3.69. The molecular formula is C18H16BrF3N8O. The van der Waals surface area contributed by atoms with Crippen molar-refractivity contribution in [3.8, 4) is 0 Å². The van der Waals surface area contributed by atoms with Crippen LogP contribution in [-0.2, 0) is 17.5 Å². The third kappa shape index (κ3) is 3.90. The van der Waals surface area contributed by atoms with Gasteiger partial charge in [0.05, 0.1) is 47.0 Å². The minimum Gasteiger partial charge on any atom is -0.378 e. The van der Waals surface area contributed by atoms with Crippen LogP contribution in [0.2, 0.25) is 0 Å². The van der Waals surface area contributed by atoms with Crippen LogP contribution in [0.15, 0.2) is 28.9 Å². The fraction of sp³-hybridized carbons (Fsp3) is 0.333. The van der Waals surface area contributed by atoms with Crippen molar-refractivity contribution < 1.29 is 17.9 Å². The largest absolute Gasteiger partial charge is 0.416 e. The van der Waals surface area contributed by atoms with Crippen molar-refractivity contribution in [3.05, 3.63) is 40.3 Å². The number of benzene rings is 1. The van der Waals surface area contributed by atoms with E-state index in [1.165, 1.54) is 6.07 Å². The van der Waals surface area contributed by atoms with E-state index in [-0.39, 0.29) is 6.54 Å². The van der Waals surface area contributed by atoms with Gasteiger partial charge >= 0.3 is 6.18 Å². The molecule has 162 valence electrons. The van der Waals surface area contributed by atoms with E-state index in [0.717, 1.165) is 16.6 Å². The van der Waals surface area contributed by atoms with Crippen LogP contribution in [0.25, 0.3) is 16.7 Å². The maximum atomic E-state index is 12.9. The van der Waals surface area contributed by atoms with E-state index in [2.05, 4.69) is 46.3 Å². The zero-order valence-corrected chi connectivity index (χ0v) is 17.5. The molecule has 1 aromatic carbocycles. The fourth-order valence-electron chi connectivity index (χ4n) is 3.34. The minimum atomic E-state index is -4.41. The number of fused-ring (bicyclic) bond motifs is 2. The molecule has 4 heterocycles. The van der Waals surface area contributed by atoms with Gasteiger partial charge in [0.1, 0.15) is 5.82 Å². The smallest absolute Gasteiger partial charge is 0.378 e. The van der Waals surface area contributed by atoms with E-state index in [1.807, 2.05) is 4.90 Å². The van der Waals surface area contributed by atoms with Gasteiger partial charge in [-0.1, -0.05) is 0 Å². The summed E-state index contributed by atoms with van der Waals surface area (Å²) in [5.74, 6) is 1.45. The Morgan fingerprint density at radius 2 is 1.97 bits per heavy atom. The van der Waals surface area contributed by atoms with Gasteiger partial charge in [-0.05, 0) is 34.1 Å². The van der Waals surface area contributed by atoms with Crippen LogP contribution in [-0.4, -0.2) is 55.9 Å². The van der Waals surface area contributed by atoms with E-state index in [0.29, 0.717) is 60.7 Å². The van der Waals surface area contributed by atoms with Crippen molar-refractivity contribution in [2.24, 2.45) is 0 Å². The number of hydrogen-bond donors (Lipinski definition) is 2. The lowest BCUT2D eigenvalue weighted by atomic mass is 10.2. The average molecular weight is 497 g/mol. The van der Waals surface area contributed by atoms with Crippen molar-refractivity contribution >= 4 is 44.5 Å². The second-order valence-corrected chi connectivity index (χ2v) is 7.80. The molecule has 13 heteroatoms. The standard InChI is InChI=1S/C18H16BrF3N8O/c19-11-8-24-30-15(11)27-17(29-3-5-31-6-4-29)28-16(30)23-9-14-25-12-2-1-10(18(20,21)22)7-13(12)26-14/h1-2,7-8H,3-6,9H2,(H,25,26)(H,23,27,28). The number of alkyl halides is 3. The Morgan fingerprint density at radius 1 is 1.16 bits per heavy atom.